The quantitative estimate of drug-likeness (QED) is 0.861. The van der Waals surface area contributed by atoms with Gasteiger partial charge in [0.25, 0.3) is 0 Å². The molecule has 2 rings (SSSR count). The van der Waals surface area contributed by atoms with E-state index in [-0.39, 0.29) is 5.56 Å². The summed E-state index contributed by atoms with van der Waals surface area (Å²) in [6, 6.07) is 15.9. The lowest BCUT2D eigenvalue weighted by atomic mass is 10.1. The summed E-state index contributed by atoms with van der Waals surface area (Å²) in [6.45, 7) is 5.04. The van der Waals surface area contributed by atoms with Gasteiger partial charge in [-0.25, -0.2) is 4.79 Å². The van der Waals surface area contributed by atoms with E-state index >= 15 is 0 Å². The van der Waals surface area contributed by atoms with Crippen molar-refractivity contribution in [2.24, 2.45) is 0 Å². The fourth-order valence-electron chi connectivity index (χ4n) is 2.21. The number of halogens is 1. The van der Waals surface area contributed by atoms with Crippen molar-refractivity contribution in [3.05, 3.63) is 64.1 Å². The van der Waals surface area contributed by atoms with Gasteiger partial charge in [-0.2, -0.15) is 0 Å². The van der Waals surface area contributed by atoms with E-state index in [0.717, 1.165) is 12.2 Å². The van der Waals surface area contributed by atoms with Crippen LogP contribution < -0.4 is 4.90 Å². The molecule has 0 atom stereocenters. The molecule has 0 saturated heterocycles. The molecule has 0 saturated carbocycles. The van der Waals surface area contributed by atoms with Crippen LogP contribution in [0.15, 0.2) is 53.0 Å². The number of hydrogen-bond acceptors (Lipinski definition) is 2. The summed E-state index contributed by atoms with van der Waals surface area (Å²) in [7, 11) is 0. The first-order valence-electron chi connectivity index (χ1n) is 6.82. The molecule has 0 amide bonds. The van der Waals surface area contributed by atoms with Crippen molar-refractivity contribution in [1.82, 2.24) is 0 Å². The van der Waals surface area contributed by atoms with Crippen molar-refractivity contribution in [3.8, 4) is 0 Å². The van der Waals surface area contributed by atoms with Gasteiger partial charge in [0.05, 0.1) is 5.56 Å². The van der Waals surface area contributed by atoms with Gasteiger partial charge in [-0.3, -0.25) is 0 Å². The lowest BCUT2D eigenvalue weighted by molar-refractivity contribution is 0.0696. The van der Waals surface area contributed by atoms with Gasteiger partial charge < -0.3 is 10.0 Å². The molecule has 4 heteroatoms. The predicted octanol–water partition coefficient (Wildman–Crippen LogP) is 4.56. The van der Waals surface area contributed by atoms with Crippen molar-refractivity contribution in [2.45, 2.75) is 26.4 Å². The second-order valence-corrected chi connectivity index (χ2v) is 6.03. The van der Waals surface area contributed by atoms with Crippen molar-refractivity contribution in [3.63, 3.8) is 0 Å². The van der Waals surface area contributed by atoms with Crippen LogP contribution in [0.5, 0.6) is 0 Å². The number of nitrogens with zero attached hydrogens (tertiary/aromatic N) is 1. The smallest absolute Gasteiger partial charge is 0.336 e. The third kappa shape index (κ3) is 3.85. The van der Waals surface area contributed by atoms with Crippen LogP contribution in [-0.4, -0.2) is 17.1 Å². The van der Waals surface area contributed by atoms with Crippen LogP contribution >= 0.6 is 15.9 Å². The molecule has 0 aromatic heterocycles. The van der Waals surface area contributed by atoms with E-state index < -0.39 is 5.97 Å². The average Bonchev–Trinajstić information content (AvgIpc) is 2.45. The molecule has 0 unspecified atom stereocenters. The maximum Gasteiger partial charge on any atom is 0.336 e. The zero-order valence-electron chi connectivity index (χ0n) is 12.1. The molecule has 3 nitrogen and oxygen atoms in total. The molecule has 110 valence electrons. The highest BCUT2D eigenvalue weighted by Gasteiger charge is 2.15. The monoisotopic (exact) mass is 347 g/mol. The van der Waals surface area contributed by atoms with Crippen LogP contribution in [-0.2, 0) is 6.54 Å². The molecular weight excluding hydrogens is 330 g/mol. The van der Waals surface area contributed by atoms with E-state index in [2.05, 4.69) is 46.8 Å². The first kappa shape index (κ1) is 15.6. The highest BCUT2D eigenvalue weighted by atomic mass is 79.9. The number of carbonyl (C=O) groups is 1. The number of aromatic carboxylic acids is 1. The molecule has 21 heavy (non-hydrogen) atoms. The van der Waals surface area contributed by atoms with E-state index in [1.165, 1.54) is 5.56 Å². The van der Waals surface area contributed by atoms with E-state index in [1.54, 1.807) is 6.07 Å². The molecule has 0 heterocycles. The first-order chi connectivity index (χ1) is 9.99. The Morgan fingerprint density at radius 2 is 1.86 bits per heavy atom. The molecular formula is C17H18BrNO2. The summed E-state index contributed by atoms with van der Waals surface area (Å²) in [5.74, 6) is -0.924. The van der Waals surface area contributed by atoms with Crippen LogP contribution in [0.2, 0.25) is 0 Å². The fourth-order valence-corrected chi connectivity index (χ4v) is 2.74. The molecule has 2 aromatic rings. The number of carboxylic acids is 1. The maximum atomic E-state index is 11.1. The molecule has 1 N–H and O–H groups in total. The van der Waals surface area contributed by atoms with Gasteiger partial charge in [0.2, 0.25) is 0 Å². The minimum atomic E-state index is -0.924. The number of benzene rings is 2. The first-order valence-corrected chi connectivity index (χ1v) is 7.61. The Bertz CT molecular complexity index is 626. The van der Waals surface area contributed by atoms with E-state index in [1.807, 2.05) is 30.3 Å². The predicted molar refractivity (Wildman–Crippen MR) is 88.9 cm³/mol. The number of rotatable bonds is 5. The topological polar surface area (TPSA) is 40.5 Å². The lowest BCUT2D eigenvalue weighted by Gasteiger charge is -2.29. The normalized spacial score (nSPS) is 10.7. The molecule has 0 aliphatic rings. The Labute approximate surface area is 133 Å². The lowest BCUT2D eigenvalue weighted by Crippen LogP contribution is -2.30. The third-order valence-corrected chi connectivity index (χ3v) is 3.99. The molecule has 0 aliphatic carbocycles. The van der Waals surface area contributed by atoms with Crippen molar-refractivity contribution >= 4 is 27.6 Å². The van der Waals surface area contributed by atoms with Crippen molar-refractivity contribution in [1.29, 1.82) is 0 Å². The molecule has 2 aromatic carbocycles. The minimum absolute atomic E-state index is 0.280. The van der Waals surface area contributed by atoms with Crippen molar-refractivity contribution in [2.75, 3.05) is 4.90 Å². The van der Waals surface area contributed by atoms with Crippen LogP contribution in [0.1, 0.15) is 29.8 Å². The zero-order chi connectivity index (χ0) is 15.4. The van der Waals surface area contributed by atoms with Crippen LogP contribution in [0.4, 0.5) is 5.69 Å². The standard InChI is InChI=1S/C17H18BrNO2/c1-12(2)19(11-13-6-4-3-5-7-13)14-8-9-15(17(20)21)16(18)10-14/h3-10,12H,11H2,1-2H3,(H,20,21). The second-order valence-electron chi connectivity index (χ2n) is 5.18. The maximum absolute atomic E-state index is 11.1. The highest BCUT2D eigenvalue weighted by molar-refractivity contribution is 9.10. The van der Waals surface area contributed by atoms with E-state index in [4.69, 9.17) is 5.11 Å². The van der Waals surface area contributed by atoms with Gasteiger partial charge in [-0.15, -0.1) is 0 Å². The summed E-state index contributed by atoms with van der Waals surface area (Å²) >= 11 is 3.34. The van der Waals surface area contributed by atoms with Gasteiger partial charge >= 0.3 is 5.97 Å². The Morgan fingerprint density at radius 1 is 1.19 bits per heavy atom. The highest BCUT2D eigenvalue weighted by Crippen LogP contribution is 2.27. The SMILES string of the molecule is CC(C)N(Cc1ccccc1)c1ccc(C(=O)O)c(Br)c1. The number of anilines is 1. The van der Waals surface area contributed by atoms with Crippen LogP contribution in [0.3, 0.4) is 0 Å². The van der Waals surface area contributed by atoms with Gasteiger partial charge in [0, 0.05) is 22.7 Å². The Balaban J connectivity index is 2.31. The largest absolute Gasteiger partial charge is 0.478 e. The van der Waals surface area contributed by atoms with Crippen molar-refractivity contribution < 1.29 is 9.90 Å². The number of carboxylic acid groups (broad SMARTS) is 1. The summed E-state index contributed by atoms with van der Waals surface area (Å²) in [5, 5.41) is 9.10. The fraction of sp³-hybridized carbons (Fsp3) is 0.235. The molecule has 0 fully saturated rings. The van der Waals surface area contributed by atoms with Gasteiger partial charge in [-0.05, 0) is 53.5 Å². The van der Waals surface area contributed by atoms with Gasteiger partial charge in [0.1, 0.15) is 0 Å². The molecule has 0 bridgehead atoms. The Morgan fingerprint density at radius 3 is 2.38 bits per heavy atom. The summed E-state index contributed by atoms with van der Waals surface area (Å²) < 4.78 is 0.603. The third-order valence-electron chi connectivity index (χ3n) is 3.33. The van der Waals surface area contributed by atoms with Gasteiger partial charge in [-0.1, -0.05) is 30.3 Å². The molecule has 0 radical (unpaired) electrons. The van der Waals surface area contributed by atoms with E-state index in [0.29, 0.717) is 10.5 Å². The second kappa shape index (κ2) is 6.76. The molecule has 0 spiro atoms. The molecule has 0 aliphatic heterocycles. The van der Waals surface area contributed by atoms with E-state index in [9.17, 15) is 4.79 Å². The summed E-state index contributed by atoms with van der Waals surface area (Å²) in [4.78, 5) is 13.3. The minimum Gasteiger partial charge on any atom is -0.478 e. The number of hydrogen-bond donors (Lipinski definition) is 1. The zero-order valence-corrected chi connectivity index (χ0v) is 13.7. The Hall–Kier alpha value is -1.81. The summed E-state index contributed by atoms with van der Waals surface area (Å²) in [5.41, 5.74) is 2.51. The average molecular weight is 348 g/mol. The Kier molecular flexibility index (Phi) is 5.02. The van der Waals surface area contributed by atoms with Crippen LogP contribution in [0, 0.1) is 0 Å². The van der Waals surface area contributed by atoms with Gasteiger partial charge in [0.15, 0.2) is 0 Å². The van der Waals surface area contributed by atoms with Crippen LogP contribution in [0.25, 0.3) is 0 Å². The summed E-state index contributed by atoms with van der Waals surface area (Å²) in [6.07, 6.45) is 0.